The Labute approximate surface area is 140 Å². The van der Waals surface area contributed by atoms with Gasteiger partial charge in [-0.25, -0.2) is 18.0 Å². The fourth-order valence-corrected chi connectivity index (χ4v) is 2.21. The fraction of sp³-hybridized carbons (Fsp3) is 0.133. The van der Waals surface area contributed by atoms with Gasteiger partial charge in [0.25, 0.3) is 0 Å². The normalized spacial score (nSPS) is 10.5. The smallest absolute Gasteiger partial charge is 0.321 e. The summed E-state index contributed by atoms with van der Waals surface area (Å²) in [5.74, 6) is -4.45. The summed E-state index contributed by atoms with van der Waals surface area (Å²) in [5.41, 5.74) is 0.125. The Hall–Kier alpha value is -1.92. The Morgan fingerprint density at radius 1 is 1.13 bits per heavy atom. The minimum absolute atomic E-state index is 0.0938. The van der Waals surface area contributed by atoms with Crippen LogP contribution in [-0.2, 0) is 6.54 Å². The zero-order valence-corrected chi connectivity index (χ0v) is 13.4. The first-order valence-corrected chi connectivity index (χ1v) is 7.15. The highest BCUT2D eigenvalue weighted by Crippen LogP contribution is 2.26. The first kappa shape index (κ1) is 17.4. The van der Waals surface area contributed by atoms with Gasteiger partial charge in [0, 0.05) is 13.6 Å². The van der Waals surface area contributed by atoms with Crippen molar-refractivity contribution in [2.75, 3.05) is 12.4 Å². The van der Waals surface area contributed by atoms with Crippen LogP contribution in [0.1, 0.15) is 5.56 Å². The van der Waals surface area contributed by atoms with Gasteiger partial charge in [0.1, 0.15) is 0 Å². The number of carbonyl (C=O) groups is 1. The molecular formula is C15H11Cl2F3N2O. The number of nitrogens with one attached hydrogen (secondary N) is 1. The Morgan fingerprint density at radius 3 is 2.52 bits per heavy atom. The molecule has 0 aliphatic carbocycles. The van der Waals surface area contributed by atoms with Crippen molar-refractivity contribution in [2.45, 2.75) is 6.54 Å². The maximum Gasteiger partial charge on any atom is 0.321 e. The Kier molecular flexibility index (Phi) is 5.38. The maximum absolute atomic E-state index is 13.5. The molecule has 2 aromatic carbocycles. The zero-order valence-electron chi connectivity index (χ0n) is 11.8. The monoisotopic (exact) mass is 362 g/mol. The van der Waals surface area contributed by atoms with Gasteiger partial charge in [-0.05, 0) is 23.8 Å². The molecule has 0 bridgehead atoms. The zero-order chi connectivity index (χ0) is 17.1. The predicted octanol–water partition coefficient (Wildman–Crippen LogP) is 5.07. The molecule has 0 unspecified atom stereocenters. The van der Waals surface area contributed by atoms with Crippen LogP contribution in [0.2, 0.25) is 10.0 Å². The standard InChI is InChI=1S/C15H11Cl2F3N2O/c1-22(7-8-3-2-4-9(16)12(8)17)15(23)21-11-6-5-10(18)13(19)14(11)20/h2-6H,7H2,1H3,(H,21,23). The minimum atomic E-state index is -1.65. The van der Waals surface area contributed by atoms with Crippen molar-refractivity contribution in [3.63, 3.8) is 0 Å². The van der Waals surface area contributed by atoms with Crippen molar-refractivity contribution in [3.05, 3.63) is 63.4 Å². The van der Waals surface area contributed by atoms with E-state index in [1.165, 1.54) is 11.9 Å². The van der Waals surface area contributed by atoms with E-state index in [1.54, 1.807) is 18.2 Å². The predicted molar refractivity (Wildman–Crippen MR) is 83.3 cm³/mol. The van der Waals surface area contributed by atoms with Crippen LogP contribution in [0.25, 0.3) is 0 Å². The molecule has 8 heteroatoms. The summed E-state index contributed by atoms with van der Waals surface area (Å²) >= 11 is 11.9. The number of anilines is 1. The molecule has 0 fully saturated rings. The molecule has 2 amide bonds. The average molecular weight is 363 g/mol. The van der Waals surface area contributed by atoms with Gasteiger partial charge < -0.3 is 10.2 Å². The van der Waals surface area contributed by atoms with Crippen molar-refractivity contribution in [1.29, 1.82) is 0 Å². The third-order valence-electron chi connectivity index (χ3n) is 3.06. The van der Waals surface area contributed by atoms with Crippen molar-refractivity contribution in [2.24, 2.45) is 0 Å². The maximum atomic E-state index is 13.5. The summed E-state index contributed by atoms with van der Waals surface area (Å²) < 4.78 is 39.5. The van der Waals surface area contributed by atoms with Gasteiger partial charge in [-0.3, -0.25) is 0 Å². The number of nitrogens with zero attached hydrogens (tertiary/aromatic N) is 1. The molecule has 0 spiro atoms. The lowest BCUT2D eigenvalue weighted by molar-refractivity contribution is 0.220. The third kappa shape index (κ3) is 3.89. The van der Waals surface area contributed by atoms with E-state index in [0.717, 1.165) is 12.1 Å². The lowest BCUT2D eigenvalue weighted by Gasteiger charge is -2.19. The van der Waals surface area contributed by atoms with Crippen molar-refractivity contribution < 1.29 is 18.0 Å². The van der Waals surface area contributed by atoms with Gasteiger partial charge in [0.05, 0.1) is 15.7 Å². The number of hydrogen-bond acceptors (Lipinski definition) is 1. The Morgan fingerprint density at radius 2 is 1.83 bits per heavy atom. The van der Waals surface area contributed by atoms with Crippen LogP contribution in [0.15, 0.2) is 30.3 Å². The second kappa shape index (κ2) is 7.10. The van der Waals surface area contributed by atoms with Crippen molar-refractivity contribution >= 4 is 34.9 Å². The van der Waals surface area contributed by atoms with Crippen LogP contribution in [0, 0.1) is 17.5 Å². The number of hydrogen-bond donors (Lipinski definition) is 1. The summed E-state index contributed by atoms with van der Waals surface area (Å²) in [4.78, 5) is 13.2. The SMILES string of the molecule is CN(Cc1cccc(Cl)c1Cl)C(=O)Nc1ccc(F)c(F)c1F. The van der Waals surface area contributed by atoms with E-state index in [1.807, 2.05) is 0 Å². The highest BCUT2D eigenvalue weighted by atomic mass is 35.5. The number of urea groups is 1. The number of benzene rings is 2. The number of amides is 2. The molecule has 0 saturated heterocycles. The summed E-state index contributed by atoms with van der Waals surface area (Å²) in [6.07, 6.45) is 0. The minimum Gasteiger partial charge on any atom is -0.323 e. The molecule has 3 nitrogen and oxygen atoms in total. The van der Waals surface area contributed by atoms with E-state index in [0.29, 0.717) is 15.6 Å². The molecule has 0 aliphatic rings. The topological polar surface area (TPSA) is 32.3 Å². The van der Waals surface area contributed by atoms with E-state index in [2.05, 4.69) is 5.32 Å². The Bertz CT molecular complexity index is 756. The number of carbonyl (C=O) groups excluding carboxylic acids is 1. The molecule has 2 rings (SSSR count). The molecule has 0 saturated carbocycles. The van der Waals surface area contributed by atoms with E-state index >= 15 is 0 Å². The molecule has 0 atom stereocenters. The Balaban J connectivity index is 2.12. The van der Waals surface area contributed by atoms with Gasteiger partial charge >= 0.3 is 6.03 Å². The summed E-state index contributed by atoms with van der Waals surface area (Å²) in [6, 6.07) is 5.89. The van der Waals surface area contributed by atoms with Gasteiger partial charge in [-0.2, -0.15) is 0 Å². The van der Waals surface area contributed by atoms with E-state index in [9.17, 15) is 18.0 Å². The quantitative estimate of drug-likeness (QED) is 0.759. The van der Waals surface area contributed by atoms with Crippen molar-refractivity contribution in [3.8, 4) is 0 Å². The second-order valence-electron chi connectivity index (χ2n) is 4.72. The average Bonchev–Trinajstić information content (AvgIpc) is 2.52. The first-order valence-electron chi connectivity index (χ1n) is 6.39. The number of halogens is 5. The molecule has 122 valence electrons. The van der Waals surface area contributed by atoms with Gasteiger partial charge in [-0.1, -0.05) is 35.3 Å². The van der Waals surface area contributed by atoms with E-state index < -0.39 is 29.2 Å². The summed E-state index contributed by atoms with van der Waals surface area (Å²) in [7, 11) is 1.43. The largest absolute Gasteiger partial charge is 0.323 e. The summed E-state index contributed by atoms with van der Waals surface area (Å²) in [5, 5.41) is 2.80. The second-order valence-corrected chi connectivity index (χ2v) is 5.51. The molecule has 23 heavy (non-hydrogen) atoms. The van der Waals surface area contributed by atoms with Crippen molar-refractivity contribution in [1.82, 2.24) is 4.90 Å². The molecule has 0 heterocycles. The van der Waals surface area contributed by atoms with Crippen LogP contribution in [0.3, 0.4) is 0 Å². The van der Waals surface area contributed by atoms with Crippen LogP contribution in [0.4, 0.5) is 23.7 Å². The highest BCUT2D eigenvalue weighted by molar-refractivity contribution is 6.42. The molecule has 1 N–H and O–H groups in total. The molecule has 0 aliphatic heterocycles. The van der Waals surface area contributed by atoms with Crippen LogP contribution in [0.5, 0.6) is 0 Å². The molecular weight excluding hydrogens is 352 g/mol. The van der Waals surface area contributed by atoms with Crippen LogP contribution in [-0.4, -0.2) is 18.0 Å². The fourth-order valence-electron chi connectivity index (χ4n) is 1.83. The van der Waals surface area contributed by atoms with Gasteiger partial charge in [0.15, 0.2) is 17.5 Å². The first-order chi connectivity index (χ1) is 10.8. The molecule has 2 aromatic rings. The van der Waals surface area contributed by atoms with Crippen LogP contribution >= 0.6 is 23.2 Å². The van der Waals surface area contributed by atoms with Crippen LogP contribution < -0.4 is 5.32 Å². The molecule has 0 aromatic heterocycles. The lowest BCUT2D eigenvalue weighted by Crippen LogP contribution is -2.31. The molecule has 0 radical (unpaired) electrons. The lowest BCUT2D eigenvalue weighted by atomic mass is 10.2. The third-order valence-corrected chi connectivity index (χ3v) is 3.92. The van der Waals surface area contributed by atoms with E-state index in [-0.39, 0.29) is 6.54 Å². The number of rotatable bonds is 3. The highest BCUT2D eigenvalue weighted by Gasteiger charge is 2.18. The van der Waals surface area contributed by atoms with Gasteiger partial charge in [0.2, 0.25) is 0 Å². The van der Waals surface area contributed by atoms with Gasteiger partial charge in [-0.15, -0.1) is 0 Å². The summed E-state index contributed by atoms with van der Waals surface area (Å²) in [6.45, 7) is 0.0938. The van der Waals surface area contributed by atoms with E-state index in [4.69, 9.17) is 23.2 Å².